The molecular formula is C19H23N3O. The van der Waals surface area contributed by atoms with Gasteiger partial charge in [0.2, 0.25) is 0 Å². The zero-order valence-corrected chi connectivity index (χ0v) is 13.4. The highest BCUT2D eigenvalue weighted by molar-refractivity contribution is 5.93. The lowest BCUT2D eigenvalue weighted by Crippen LogP contribution is -2.30. The molecule has 1 amide bonds. The number of hydrogen-bond acceptors (Lipinski definition) is 3. The Balaban J connectivity index is 1.62. The van der Waals surface area contributed by atoms with Gasteiger partial charge in [0.1, 0.15) is 0 Å². The Labute approximate surface area is 137 Å². The number of benzene rings is 1. The molecule has 0 radical (unpaired) electrons. The van der Waals surface area contributed by atoms with Gasteiger partial charge in [0.25, 0.3) is 5.91 Å². The number of piperidine rings is 1. The van der Waals surface area contributed by atoms with Gasteiger partial charge >= 0.3 is 0 Å². The molecule has 1 aliphatic heterocycles. The second kappa shape index (κ2) is 7.88. The molecule has 2 heterocycles. The lowest BCUT2D eigenvalue weighted by molar-refractivity contribution is 0.0950. The fourth-order valence-electron chi connectivity index (χ4n) is 3.02. The number of rotatable bonds is 5. The van der Waals surface area contributed by atoms with Crippen molar-refractivity contribution >= 4 is 5.91 Å². The molecule has 120 valence electrons. The quantitative estimate of drug-likeness (QED) is 0.923. The molecule has 0 bridgehead atoms. The Morgan fingerprint density at radius 2 is 1.83 bits per heavy atom. The van der Waals surface area contributed by atoms with Crippen molar-refractivity contribution in [3.8, 4) is 0 Å². The van der Waals surface area contributed by atoms with Gasteiger partial charge in [-0.3, -0.25) is 14.7 Å². The summed E-state index contributed by atoms with van der Waals surface area (Å²) in [4.78, 5) is 18.7. The highest BCUT2D eigenvalue weighted by atomic mass is 16.1. The minimum absolute atomic E-state index is 0.0779. The van der Waals surface area contributed by atoms with E-state index in [0.29, 0.717) is 12.1 Å². The first kappa shape index (κ1) is 15.7. The third-order valence-electron chi connectivity index (χ3n) is 4.32. The molecular weight excluding hydrogens is 286 g/mol. The third kappa shape index (κ3) is 4.39. The minimum atomic E-state index is -0.0779. The maximum Gasteiger partial charge on any atom is 0.253 e. The predicted octanol–water partition coefficient (Wildman–Crippen LogP) is 3.00. The Morgan fingerprint density at radius 3 is 2.57 bits per heavy atom. The predicted molar refractivity (Wildman–Crippen MR) is 91.0 cm³/mol. The molecule has 2 aromatic rings. The van der Waals surface area contributed by atoms with E-state index in [2.05, 4.69) is 33.4 Å². The number of nitrogens with zero attached hydrogens (tertiary/aromatic N) is 2. The number of aromatic nitrogens is 1. The lowest BCUT2D eigenvalue weighted by atomic mass is 10.0. The molecule has 0 saturated carbocycles. The Morgan fingerprint density at radius 1 is 1.04 bits per heavy atom. The SMILES string of the molecule is O=C(NCc1ccccc1CN1CCCCC1)c1cccnc1. The van der Waals surface area contributed by atoms with E-state index in [1.165, 1.54) is 43.5 Å². The number of carbonyl (C=O) groups is 1. The second-order valence-corrected chi connectivity index (χ2v) is 6.03. The van der Waals surface area contributed by atoms with Crippen LogP contribution in [0.5, 0.6) is 0 Å². The molecule has 4 heteroatoms. The summed E-state index contributed by atoms with van der Waals surface area (Å²) in [5.41, 5.74) is 3.09. The van der Waals surface area contributed by atoms with Gasteiger partial charge in [-0.25, -0.2) is 0 Å². The molecule has 4 nitrogen and oxygen atoms in total. The molecule has 3 rings (SSSR count). The van der Waals surface area contributed by atoms with E-state index in [1.807, 2.05) is 6.07 Å². The monoisotopic (exact) mass is 309 g/mol. The van der Waals surface area contributed by atoms with Crippen LogP contribution in [0, 0.1) is 0 Å². The maximum absolute atomic E-state index is 12.2. The van der Waals surface area contributed by atoms with Gasteiger partial charge in [-0.2, -0.15) is 0 Å². The number of likely N-dealkylation sites (tertiary alicyclic amines) is 1. The van der Waals surface area contributed by atoms with Crippen LogP contribution in [0.3, 0.4) is 0 Å². The van der Waals surface area contributed by atoms with Gasteiger partial charge in [0, 0.05) is 25.5 Å². The van der Waals surface area contributed by atoms with E-state index in [9.17, 15) is 4.79 Å². The van der Waals surface area contributed by atoms with E-state index < -0.39 is 0 Å². The zero-order valence-electron chi connectivity index (χ0n) is 13.4. The number of hydrogen-bond donors (Lipinski definition) is 1. The molecule has 1 N–H and O–H groups in total. The van der Waals surface area contributed by atoms with Crippen molar-refractivity contribution in [1.29, 1.82) is 0 Å². The van der Waals surface area contributed by atoms with Crippen LogP contribution < -0.4 is 5.32 Å². The fraction of sp³-hybridized carbons (Fsp3) is 0.368. The largest absolute Gasteiger partial charge is 0.348 e. The van der Waals surface area contributed by atoms with Gasteiger partial charge in [0.15, 0.2) is 0 Å². The third-order valence-corrected chi connectivity index (χ3v) is 4.32. The standard InChI is InChI=1S/C19H23N3O/c23-19(17-9-6-10-20-13-17)21-14-16-7-2-3-8-18(16)15-22-11-4-1-5-12-22/h2-3,6-10,13H,1,4-5,11-12,14-15H2,(H,21,23). The van der Waals surface area contributed by atoms with E-state index in [0.717, 1.165) is 6.54 Å². The lowest BCUT2D eigenvalue weighted by Gasteiger charge is -2.27. The average Bonchev–Trinajstić information content (AvgIpc) is 2.62. The van der Waals surface area contributed by atoms with Crippen molar-refractivity contribution in [2.45, 2.75) is 32.4 Å². The summed E-state index contributed by atoms with van der Waals surface area (Å²) in [5.74, 6) is -0.0779. The van der Waals surface area contributed by atoms with Crippen LogP contribution in [0.25, 0.3) is 0 Å². The summed E-state index contributed by atoms with van der Waals surface area (Å²) in [6, 6.07) is 11.9. The number of carbonyl (C=O) groups excluding carboxylic acids is 1. The average molecular weight is 309 g/mol. The molecule has 1 aliphatic rings. The first-order chi connectivity index (χ1) is 11.3. The van der Waals surface area contributed by atoms with Crippen LogP contribution >= 0.6 is 0 Å². The molecule has 23 heavy (non-hydrogen) atoms. The Bertz CT molecular complexity index is 636. The highest BCUT2D eigenvalue weighted by Crippen LogP contribution is 2.16. The first-order valence-corrected chi connectivity index (χ1v) is 8.30. The topological polar surface area (TPSA) is 45.2 Å². The zero-order chi connectivity index (χ0) is 15.9. The normalized spacial score (nSPS) is 15.3. The summed E-state index contributed by atoms with van der Waals surface area (Å²) >= 11 is 0. The Hall–Kier alpha value is -2.20. The van der Waals surface area contributed by atoms with Crippen molar-refractivity contribution in [2.75, 3.05) is 13.1 Å². The first-order valence-electron chi connectivity index (χ1n) is 8.30. The van der Waals surface area contributed by atoms with Crippen LogP contribution in [0.2, 0.25) is 0 Å². The molecule has 0 atom stereocenters. The highest BCUT2D eigenvalue weighted by Gasteiger charge is 2.13. The van der Waals surface area contributed by atoms with Crippen LogP contribution in [0.4, 0.5) is 0 Å². The van der Waals surface area contributed by atoms with Crippen LogP contribution in [0.1, 0.15) is 40.7 Å². The number of nitrogens with one attached hydrogen (secondary N) is 1. The van der Waals surface area contributed by atoms with Crippen LogP contribution in [-0.4, -0.2) is 28.9 Å². The molecule has 1 aromatic heterocycles. The van der Waals surface area contributed by atoms with Gasteiger partial charge in [-0.05, 0) is 49.2 Å². The van der Waals surface area contributed by atoms with Crippen molar-refractivity contribution in [3.05, 3.63) is 65.5 Å². The molecule has 1 saturated heterocycles. The van der Waals surface area contributed by atoms with Gasteiger partial charge in [-0.15, -0.1) is 0 Å². The van der Waals surface area contributed by atoms with Gasteiger partial charge in [0.05, 0.1) is 5.56 Å². The van der Waals surface area contributed by atoms with E-state index in [-0.39, 0.29) is 5.91 Å². The summed E-state index contributed by atoms with van der Waals surface area (Å²) in [5, 5.41) is 3.00. The fourth-order valence-corrected chi connectivity index (χ4v) is 3.02. The van der Waals surface area contributed by atoms with Crippen molar-refractivity contribution in [3.63, 3.8) is 0 Å². The summed E-state index contributed by atoms with van der Waals surface area (Å²) in [6.45, 7) is 3.88. The van der Waals surface area contributed by atoms with Crippen LogP contribution in [0.15, 0.2) is 48.8 Å². The molecule has 1 aromatic carbocycles. The van der Waals surface area contributed by atoms with Gasteiger partial charge < -0.3 is 5.32 Å². The molecule has 0 spiro atoms. The minimum Gasteiger partial charge on any atom is -0.348 e. The summed E-state index contributed by atoms with van der Waals surface area (Å²) in [7, 11) is 0. The second-order valence-electron chi connectivity index (χ2n) is 6.03. The van der Waals surface area contributed by atoms with Crippen molar-refractivity contribution in [1.82, 2.24) is 15.2 Å². The maximum atomic E-state index is 12.2. The van der Waals surface area contributed by atoms with Crippen molar-refractivity contribution in [2.24, 2.45) is 0 Å². The van der Waals surface area contributed by atoms with E-state index >= 15 is 0 Å². The number of pyridine rings is 1. The molecule has 1 fully saturated rings. The Kier molecular flexibility index (Phi) is 5.37. The van der Waals surface area contributed by atoms with Crippen molar-refractivity contribution < 1.29 is 4.79 Å². The number of amides is 1. The molecule has 0 aliphatic carbocycles. The van der Waals surface area contributed by atoms with E-state index in [4.69, 9.17) is 0 Å². The molecule has 0 unspecified atom stereocenters. The summed E-state index contributed by atoms with van der Waals surface area (Å²) in [6.07, 6.45) is 7.19. The van der Waals surface area contributed by atoms with Crippen LogP contribution in [-0.2, 0) is 13.1 Å². The summed E-state index contributed by atoms with van der Waals surface area (Å²) < 4.78 is 0. The smallest absolute Gasteiger partial charge is 0.253 e. The van der Waals surface area contributed by atoms with Gasteiger partial charge in [-0.1, -0.05) is 30.7 Å². The van der Waals surface area contributed by atoms with E-state index in [1.54, 1.807) is 24.5 Å².